The van der Waals surface area contributed by atoms with Gasteiger partial charge in [-0.2, -0.15) is 0 Å². The Morgan fingerprint density at radius 1 is 1.44 bits per heavy atom. The fourth-order valence-electron chi connectivity index (χ4n) is 1.20. The topological polar surface area (TPSA) is 43.4 Å². The molecule has 0 aromatic heterocycles. The molecule has 1 rings (SSSR count). The Balaban J connectivity index is 3.09. The molecule has 16 heavy (non-hydrogen) atoms. The third kappa shape index (κ3) is 2.83. The third-order valence-electron chi connectivity index (χ3n) is 2.05. The lowest BCUT2D eigenvalue weighted by Crippen LogP contribution is -2.05. The summed E-state index contributed by atoms with van der Waals surface area (Å²) in [5.74, 6) is -0.575. The molecule has 0 heterocycles. The van der Waals surface area contributed by atoms with Crippen LogP contribution in [-0.2, 0) is 9.53 Å². The summed E-state index contributed by atoms with van der Waals surface area (Å²) in [5.41, 5.74) is 1.05. The summed E-state index contributed by atoms with van der Waals surface area (Å²) in [5, 5.41) is -0.707. The Kier molecular flexibility index (Phi) is 4.50. The fraction of sp³-hybridized carbons (Fsp3) is 0.273. The van der Waals surface area contributed by atoms with Crippen LogP contribution < -0.4 is 0 Å². The van der Waals surface area contributed by atoms with Crippen molar-refractivity contribution in [2.24, 2.45) is 0 Å². The summed E-state index contributed by atoms with van der Waals surface area (Å²) >= 11 is 9.19. The van der Waals surface area contributed by atoms with E-state index >= 15 is 0 Å². The highest BCUT2D eigenvalue weighted by Crippen LogP contribution is 2.29. The summed E-state index contributed by atoms with van der Waals surface area (Å²) < 4.78 is 5.20. The quantitative estimate of drug-likeness (QED) is 0.636. The van der Waals surface area contributed by atoms with Gasteiger partial charge in [-0.15, -0.1) is 11.6 Å². The third-order valence-corrected chi connectivity index (χ3v) is 3.28. The van der Waals surface area contributed by atoms with Gasteiger partial charge in [0, 0.05) is 4.47 Å². The second kappa shape index (κ2) is 5.46. The smallest absolute Gasteiger partial charge is 0.337 e. The molecule has 86 valence electrons. The van der Waals surface area contributed by atoms with Gasteiger partial charge in [0.1, 0.15) is 5.38 Å². The van der Waals surface area contributed by atoms with E-state index in [1.54, 1.807) is 18.2 Å². The molecule has 3 nitrogen and oxygen atoms in total. The first-order valence-corrected chi connectivity index (χ1v) is 5.72. The predicted molar refractivity (Wildman–Crippen MR) is 64.8 cm³/mol. The molecule has 0 fully saturated rings. The standard InChI is InChI=1S/C11H10BrClO3/c1-6(14)10(13)8-4-3-7(5-9(8)12)11(15)16-2/h3-5,10H,1-2H3. The van der Waals surface area contributed by atoms with Crippen molar-refractivity contribution in [2.45, 2.75) is 12.3 Å². The Labute approximate surface area is 107 Å². The number of Topliss-reactive ketones (excluding diaryl/α,β-unsaturated/α-hetero) is 1. The number of hydrogen-bond acceptors (Lipinski definition) is 3. The number of ether oxygens (including phenoxy) is 1. The van der Waals surface area contributed by atoms with Gasteiger partial charge in [0.05, 0.1) is 12.7 Å². The highest BCUT2D eigenvalue weighted by atomic mass is 79.9. The van der Waals surface area contributed by atoms with E-state index in [1.807, 2.05) is 0 Å². The SMILES string of the molecule is COC(=O)c1ccc(C(Cl)C(C)=O)c(Br)c1. The number of carbonyl (C=O) groups excluding carboxylic acids is 2. The summed E-state index contributed by atoms with van der Waals surface area (Å²) in [6.45, 7) is 1.42. The minimum atomic E-state index is -0.707. The summed E-state index contributed by atoms with van der Waals surface area (Å²) in [6.07, 6.45) is 0. The molecule has 5 heteroatoms. The number of alkyl halides is 1. The van der Waals surface area contributed by atoms with Gasteiger partial charge in [-0.1, -0.05) is 22.0 Å². The highest BCUT2D eigenvalue weighted by molar-refractivity contribution is 9.10. The van der Waals surface area contributed by atoms with Crippen molar-refractivity contribution in [3.63, 3.8) is 0 Å². The molecule has 0 radical (unpaired) electrons. The van der Waals surface area contributed by atoms with E-state index in [0.717, 1.165) is 0 Å². The van der Waals surface area contributed by atoms with Crippen LogP contribution in [0.5, 0.6) is 0 Å². The molecule has 0 bridgehead atoms. The maximum Gasteiger partial charge on any atom is 0.337 e. The van der Waals surface area contributed by atoms with Crippen LogP contribution >= 0.6 is 27.5 Å². The van der Waals surface area contributed by atoms with Gasteiger partial charge in [0.25, 0.3) is 0 Å². The van der Waals surface area contributed by atoms with Crippen LogP contribution in [0.25, 0.3) is 0 Å². The fourth-order valence-corrected chi connectivity index (χ4v) is 2.13. The summed E-state index contributed by atoms with van der Waals surface area (Å²) in [7, 11) is 1.31. The molecule has 0 aliphatic heterocycles. The van der Waals surface area contributed by atoms with E-state index in [1.165, 1.54) is 14.0 Å². The maximum atomic E-state index is 11.2. The average molecular weight is 306 g/mol. The Bertz CT molecular complexity index is 431. The molecule has 0 aliphatic carbocycles. The van der Waals surface area contributed by atoms with Gasteiger partial charge in [-0.05, 0) is 24.6 Å². The van der Waals surface area contributed by atoms with E-state index in [-0.39, 0.29) is 5.78 Å². The molecular formula is C11H10BrClO3. The molecule has 0 N–H and O–H groups in total. The molecule has 0 amide bonds. The van der Waals surface area contributed by atoms with Crippen LogP contribution in [0, 0.1) is 0 Å². The van der Waals surface area contributed by atoms with Gasteiger partial charge in [-0.25, -0.2) is 4.79 Å². The number of rotatable bonds is 3. The van der Waals surface area contributed by atoms with E-state index in [2.05, 4.69) is 20.7 Å². The van der Waals surface area contributed by atoms with E-state index < -0.39 is 11.3 Å². The van der Waals surface area contributed by atoms with Crippen molar-refractivity contribution in [3.8, 4) is 0 Å². The zero-order valence-electron chi connectivity index (χ0n) is 8.79. The zero-order chi connectivity index (χ0) is 12.3. The van der Waals surface area contributed by atoms with Gasteiger partial charge >= 0.3 is 5.97 Å². The van der Waals surface area contributed by atoms with E-state index in [0.29, 0.717) is 15.6 Å². The molecule has 0 aliphatic rings. The zero-order valence-corrected chi connectivity index (χ0v) is 11.1. The lowest BCUT2D eigenvalue weighted by atomic mass is 10.1. The number of benzene rings is 1. The lowest BCUT2D eigenvalue weighted by molar-refractivity contribution is -0.116. The first-order valence-electron chi connectivity index (χ1n) is 4.49. The Morgan fingerprint density at radius 2 is 2.06 bits per heavy atom. The first-order chi connectivity index (χ1) is 7.47. The van der Waals surface area contributed by atoms with Crippen molar-refractivity contribution in [2.75, 3.05) is 7.11 Å². The van der Waals surface area contributed by atoms with Gasteiger partial charge in [0.15, 0.2) is 5.78 Å². The Hall–Kier alpha value is -0.870. The molecule has 1 unspecified atom stereocenters. The summed E-state index contributed by atoms with van der Waals surface area (Å²) in [6, 6.07) is 4.79. The monoisotopic (exact) mass is 304 g/mol. The van der Waals surface area contributed by atoms with E-state index in [9.17, 15) is 9.59 Å². The number of esters is 1. The molecular weight excluding hydrogens is 295 g/mol. The van der Waals surface area contributed by atoms with Crippen LogP contribution in [-0.4, -0.2) is 18.9 Å². The predicted octanol–water partition coefficient (Wildman–Crippen LogP) is 3.10. The van der Waals surface area contributed by atoms with Gasteiger partial charge in [-0.3, -0.25) is 4.79 Å². The lowest BCUT2D eigenvalue weighted by Gasteiger charge is -2.09. The van der Waals surface area contributed by atoms with Crippen molar-refractivity contribution < 1.29 is 14.3 Å². The molecule has 0 spiro atoms. The molecule has 1 atom stereocenters. The number of methoxy groups -OCH3 is 1. The number of ketones is 1. The van der Waals surface area contributed by atoms with Gasteiger partial charge < -0.3 is 4.74 Å². The minimum absolute atomic E-state index is 0.145. The second-order valence-corrected chi connectivity index (χ2v) is 4.49. The highest BCUT2D eigenvalue weighted by Gasteiger charge is 2.17. The van der Waals surface area contributed by atoms with Crippen LogP contribution in [0.1, 0.15) is 28.2 Å². The Morgan fingerprint density at radius 3 is 2.50 bits per heavy atom. The summed E-state index contributed by atoms with van der Waals surface area (Å²) in [4.78, 5) is 22.4. The normalized spacial score (nSPS) is 12.0. The van der Waals surface area contributed by atoms with Crippen LogP contribution in [0.15, 0.2) is 22.7 Å². The molecule has 1 aromatic rings. The number of hydrogen-bond donors (Lipinski definition) is 0. The number of halogens is 2. The van der Waals surface area contributed by atoms with Crippen LogP contribution in [0.2, 0.25) is 0 Å². The minimum Gasteiger partial charge on any atom is -0.465 e. The van der Waals surface area contributed by atoms with Crippen molar-refractivity contribution in [1.29, 1.82) is 0 Å². The van der Waals surface area contributed by atoms with E-state index in [4.69, 9.17) is 11.6 Å². The van der Waals surface area contributed by atoms with Gasteiger partial charge in [0.2, 0.25) is 0 Å². The molecule has 1 aromatic carbocycles. The average Bonchev–Trinajstić information content (AvgIpc) is 2.26. The molecule has 0 saturated carbocycles. The molecule has 0 saturated heterocycles. The maximum absolute atomic E-state index is 11.2. The van der Waals surface area contributed by atoms with Crippen molar-refractivity contribution in [3.05, 3.63) is 33.8 Å². The van der Waals surface area contributed by atoms with Crippen molar-refractivity contribution in [1.82, 2.24) is 0 Å². The second-order valence-electron chi connectivity index (χ2n) is 3.20. The number of carbonyl (C=O) groups is 2. The first kappa shape index (κ1) is 13.2. The van der Waals surface area contributed by atoms with Crippen LogP contribution in [0.3, 0.4) is 0 Å². The largest absolute Gasteiger partial charge is 0.465 e. The van der Waals surface area contributed by atoms with Crippen LogP contribution in [0.4, 0.5) is 0 Å². The van der Waals surface area contributed by atoms with Crippen molar-refractivity contribution >= 4 is 39.3 Å².